The fraction of sp³-hybridized carbons (Fsp3) is 0.611. The van der Waals surface area contributed by atoms with Crippen LogP contribution in [0.3, 0.4) is 0 Å². The van der Waals surface area contributed by atoms with Crippen LogP contribution >= 0.6 is 12.4 Å². The molecule has 136 valence electrons. The summed E-state index contributed by atoms with van der Waals surface area (Å²) in [7, 11) is 0. The summed E-state index contributed by atoms with van der Waals surface area (Å²) in [5.74, 6) is 0.0851. The van der Waals surface area contributed by atoms with Gasteiger partial charge in [-0.25, -0.2) is 0 Å². The number of ether oxygens (including phenoxy) is 1. The van der Waals surface area contributed by atoms with Crippen molar-refractivity contribution >= 4 is 18.3 Å². The van der Waals surface area contributed by atoms with Gasteiger partial charge in [0, 0.05) is 38.3 Å². The maximum Gasteiger partial charge on any atom is 0.253 e. The first-order chi connectivity index (χ1) is 10.8. The van der Waals surface area contributed by atoms with E-state index in [1.54, 1.807) is 0 Å². The molecule has 2 rings (SSSR count). The smallest absolute Gasteiger partial charge is 0.253 e. The summed E-state index contributed by atoms with van der Waals surface area (Å²) in [6.07, 6.45) is -0.495. The van der Waals surface area contributed by atoms with Crippen molar-refractivity contribution in [2.75, 3.05) is 39.3 Å². The van der Waals surface area contributed by atoms with Crippen molar-refractivity contribution in [2.45, 2.75) is 32.5 Å². The largest absolute Gasteiger partial charge is 0.389 e. The molecule has 0 aliphatic carbocycles. The molecule has 1 heterocycles. The van der Waals surface area contributed by atoms with Gasteiger partial charge in [0.15, 0.2) is 0 Å². The molecule has 0 radical (unpaired) electrons. The highest BCUT2D eigenvalue weighted by atomic mass is 35.5. The molecule has 1 aliphatic rings. The van der Waals surface area contributed by atoms with Gasteiger partial charge < -0.3 is 14.7 Å². The third kappa shape index (κ3) is 6.77. The highest BCUT2D eigenvalue weighted by Crippen LogP contribution is 2.11. The normalized spacial score (nSPS) is 17.2. The minimum Gasteiger partial charge on any atom is -0.389 e. The van der Waals surface area contributed by atoms with Gasteiger partial charge in [0.05, 0.1) is 18.3 Å². The lowest BCUT2D eigenvalue weighted by Gasteiger charge is -2.36. The van der Waals surface area contributed by atoms with Crippen LogP contribution in [0.4, 0.5) is 0 Å². The number of hydrogen-bond donors (Lipinski definition) is 1. The number of amides is 1. The lowest BCUT2D eigenvalue weighted by molar-refractivity contribution is -0.0581. The van der Waals surface area contributed by atoms with E-state index < -0.39 is 6.10 Å². The second-order valence-corrected chi connectivity index (χ2v) is 7.04. The Morgan fingerprint density at radius 3 is 2.29 bits per heavy atom. The molecule has 0 aromatic heterocycles. The van der Waals surface area contributed by atoms with Crippen LogP contribution in [-0.4, -0.2) is 71.8 Å². The number of nitrogens with zero attached hydrogens (tertiary/aromatic N) is 2. The Balaban J connectivity index is 0.00000288. The first-order valence-electron chi connectivity index (χ1n) is 8.24. The number of carbonyl (C=O) groups excluding carboxylic acids is 1. The third-order valence-electron chi connectivity index (χ3n) is 3.86. The maximum atomic E-state index is 12.4. The number of carbonyl (C=O) groups is 1. The van der Waals surface area contributed by atoms with E-state index in [1.165, 1.54) is 0 Å². The first-order valence-corrected chi connectivity index (χ1v) is 8.24. The van der Waals surface area contributed by atoms with Crippen molar-refractivity contribution in [1.82, 2.24) is 9.80 Å². The maximum absolute atomic E-state index is 12.4. The highest BCUT2D eigenvalue weighted by Gasteiger charge is 2.23. The molecule has 0 saturated carbocycles. The average molecular weight is 357 g/mol. The topological polar surface area (TPSA) is 53.0 Å². The molecular formula is C18H29ClN2O3. The van der Waals surface area contributed by atoms with E-state index in [0.29, 0.717) is 26.2 Å². The zero-order chi connectivity index (χ0) is 16.9. The van der Waals surface area contributed by atoms with Gasteiger partial charge in [0.2, 0.25) is 0 Å². The van der Waals surface area contributed by atoms with Gasteiger partial charge >= 0.3 is 0 Å². The van der Waals surface area contributed by atoms with Crippen LogP contribution in [-0.2, 0) is 4.74 Å². The van der Waals surface area contributed by atoms with Gasteiger partial charge in [0.25, 0.3) is 5.91 Å². The van der Waals surface area contributed by atoms with Crippen LogP contribution in [0.15, 0.2) is 30.3 Å². The summed E-state index contributed by atoms with van der Waals surface area (Å²) < 4.78 is 5.61. The Hall–Kier alpha value is -1.14. The number of aliphatic hydroxyl groups is 1. The van der Waals surface area contributed by atoms with Crippen molar-refractivity contribution < 1.29 is 14.6 Å². The minimum atomic E-state index is -0.495. The highest BCUT2D eigenvalue weighted by molar-refractivity contribution is 5.94. The molecule has 24 heavy (non-hydrogen) atoms. The Labute approximate surface area is 151 Å². The molecule has 1 amide bonds. The Kier molecular flexibility index (Phi) is 8.16. The summed E-state index contributed by atoms with van der Waals surface area (Å²) in [5.41, 5.74) is 0.501. The van der Waals surface area contributed by atoms with Crippen LogP contribution in [0.25, 0.3) is 0 Å². The van der Waals surface area contributed by atoms with E-state index in [9.17, 15) is 9.90 Å². The quantitative estimate of drug-likeness (QED) is 0.877. The zero-order valence-corrected chi connectivity index (χ0v) is 15.6. The van der Waals surface area contributed by atoms with E-state index in [1.807, 2.05) is 56.0 Å². The second kappa shape index (κ2) is 9.37. The molecule has 1 N–H and O–H groups in total. The van der Waals surface area contributed by atoms with Crippen molar-refractivity contribution in [3.8, 4) is 0 Å². The van der Waals surface area contributed by atoms with Crippen LogP contribution in [0, 0.1) is 0 Å². The average Bonchev–Trinajstić information content (AvgIpc) is 2.53. The Morgan fingerprint density at radius 2 is 1.75 bits per heavy atom. The number of halogens is 1. The van der Waals surface area contributed by atoms with E-state index in [4.69, 9.17) is 4.74 Å². The molecule has 1 aromatic rings. The molecule has 1 aromatic carbocycles. The van der Waals surface area contributed by atoms with E-state index in [2.05, 4.69) is 4.90 Å². The number of aliphatic hydroxyl groups excluding tert-OH is 1. The van der Waals surface area contributed by atoms with E-state index in [0.717, 1.165) is 18.7 Å². The number of β-amino-alcohol motifs (C(OH)–C–C–N with tert-alkyl or cyclic N) is 1. The molecule has 6 heteroatoms. The van der Waals surface area contributed by atoms with Gasteiger partial charge in [-0.2, -0.15) is 0 Å². The predicted molar refractivity (Wildman–Crippen MR) is 97.7 cm³/mol. The summed E-state index contributed by atoms with van der Waals surface area (Å²) >= 11 is 0. The summed E-state index contributed by atoms with van der Waals surface area (Å²) in [5, 5.41) is 10.1. The van der Waals surface area contributed by atoms with Crippen molar-refractivity contribution in [2.24, 2.45) is 0 Å². The van der Waals surface area contributed by atoms with E-state index in [-0.39, 0.29) is 23.9 Å². The van der Waals surface area contributed by atoms with Crippen molar-refractivity contribution in [1.29, 1.82) is 0 Å². The predicted octanol–water partition coefficient (Wildman–Crippen LogP) is 2.04. The SMILES string of the molecule is CC(C)(C)OCC(O)CN1CCN(C(=O)c2ccccc2)CC1.Cl. The Morgan fingerprint density at radius 1 is 1.17 bits per heavy atom. The van der Waals surface area contributed by atoms with Crippen molar-refractivity contribution in [3.63, 3.8) is 0 Å². The van der Waals surface area contributed by atoms with Crippen LogP contribution < -0.4 is 0 Å². The zero-order valence-electron chi connectivity index (χ0n) is 14.8. The molecule has 1 fully saturated rings. The number of benzene rings is 1. The van der Waals surface area contributed by atoms with Gasteiger partial charge in [-0.15, -0.1) is 12.4 Å². The van der Waals surface area contributed by atoms with E-state index >= 15 is 0 Å². The third-order valence-corrected chi connectivity index (χ3v) is 3.86. The standard InChI is InChI=1S/C18H28N2O3.ClH/c1-18(2,3)23-14-16(21)13-19-9-11-20(12-10-19)17(22)15-7-5-4-6-8-15;/h4-8,16,21H,9-14H2,1-3H3;1H. The Bertz CT molecular complexity index is 497. The van der Waals surface area contributed by atoms with Gasteiger partial charge in [-0.3, -0.25) is 9.69 Å². The molecule has 0 bridgehead atoms. The fourth-order valence-electron chi connectivity index (χ4n) is 2.59. The summed E-state index contributed by atoms with van der Waals surface area (Å²) in [4.78, 5) is 16.4. The molecule has 1 saturated heterocycles. The molecule has 5 nitrogen and oxygen atoms in total. The minimum absolute atomic E-state index is 0. The molecule has 1 aliphatic heterocycles. The molecule has 0 spiro atoms. The lowest BCUT2D eigenvalue weighted by Crippen LogP contribution is -2.51. The van der Waals surface area contributed by atoms with Gasteiger partial charge in [-0.05, 0) is 32.9 Å². The summed E-state index contributed by atoms with van der Waals surface area (Å²) in [6, 6.07) is 9.38. The monoisotopic (exact) mass is 356 g/mol. The van der Waals surface area contributed by atoms with Crippen LogP contribution in [0.5, 0.6) is 0 Å². The fourth-order valence-corrected chi connectivity index (χ4v) is 2.59. The van der Waals surface area contributed by atoms with Crippen LogP contribution in [0.1, 0.15) is 31.1 Å². The van der Waals surface area contributed by atoms with Gasteiger partial charge in [-0.1, -0.05) is 18.2 Å². The van der Waals surface area contributed by atoms with Crippen molar-refractivity contribution in [3.05, 3.63) is 35.9 Å². The molecular weight excluding hydrogens is 328 g/mol. The summed E-state index contributed by atoms with van der Waals surface area (Å²) in [6.45, 7) is 9.82. The number of piperazine rings is 1. The lowest BCUT2D eigenvalue weighted by atomic mass is 10.1. The van der Waals surface area contributed by atoms with Gasteiger partial charge in [0.1, 0.15) is 0 Å². The molecule has 1 unspecified atom stereocenters. The number of rotatable bonds is 5. The number of hydrogen-bond acceptors (Lipinski definition) is 4. The molecule has 1 atom stereocenters. The first kappa shape index (κ1) is 20.9. The van der Waals surface area contributed by atoms with Crippen LogP contribution in [0.2, 0.25) is 0 Å². The second-order valence-electron chi connectivity index (χ2n) is 7.04.